The van der Waals surface area contributed by atoms with Crippen molar-refractivity contribution < 1.29 is 9.59 Å². The Morgan fingerprint density at radius 2 is 1.88 bits per heavy atom. The van der Waals surface area contributed by atoms with Crippen molar-refractivity contribution in [3.63, 3.8) is 0 Å². The smallest absolute Gasteiger partial charge is 0.252 e. The van der Waals surface area contributed by atoms with Crippen LogP contribution >= 0.6 is 11.3 Å². The molecule has 1 fully saturated rings. The molecule has 0 aliphatic carbocycles. The van der Waals surface area contributed by atoms with E-state index in [9.17, 15) is 9.59 Å². The van der Waals surface area contributed by atoms with Crippen molar-refractivity contribution >= 4 is 34.2 Å². The van der Waals surface area contributed by atoms with Gasteiger partial charge in [0.25, 0.3) is 5.91 Å². The number of hydrogen-bond acceptors (Lipinski definition) is 5. The van der Waals surface area contributed by atoms with Crippen LogP contribution in [0.25, 0.3) is 21.6 Å². The average molecular weight is 474 g/mol. The lowest BCUT2D eigenvalue weighted by Crippen LogP contribution is -2.49. The lowest BCUT2D eigenvalue weighted by atomic mass is 10.0. The molecule has 0 saturated carbocycles. The summed E-state index contributed by atoms with van der Waals surface area (Å²) in [5.74, 6) is -0.309. The molecule has 0 spiro atoms. The van der Waals surface area contributed by atoms with Gasteiger partial charge in [0.05, 0.1) is 27.2 Å². The molecule has 8 heteroatoms. The summed E-state index contributed by atoms with van der Waals surface area (Å²) >= 11 is 1.57. The van der Waals surface area contributed by atoms with Crippen LogP contribution in [0.4, 0.5) is 0 Å². The van der Waals surface area contributed by atoms with Crippen LogP contribution in [0, 0.1) is 6.92 Å². The minimum Gasteiger partial charge on any atom is -0.341 e. The first-order valence-electron chi connectivity index (χ1n) is 11.5. The van der Waals surface area contributed by atoms with Crippen LogP contribution in [0.3, 0.4) is 0 Å². The summed E-state index contributed by atoms with van der Waals surface area (Å²) < 4.78 is 1.70. The van der Waals surface area contributed by atoms with Gasteiger partial charge in [-0.1, -0.05) is 36.4 Å². The molecule has 0 radical (unpaired) electrons. The highest BCUT2D eigenvalue weighted by Crippen LogP contribution is 2.29. The number of pyridine rings is 1. The third-order valence-electron chi connectivity index (χ3n) is 6.29. The number of fused-ring (bicyclic) bond motifs is 1. The monoisotopic (exact) mass is 473 g/mol. The first-order chi connectivity index (χ1) is 16.5. The average Bonchev–Trinajstić information content (AvgIpc) is 3.61. The highest BCUT2D eigenvalue weighted by Gasteiger charge is 2.29. The van der Waals surface area contributed by atoms with Gasteiger partial charge in [0.1, 0.15) is 6.04 Å². The molecule has 1 aliphatic heterocycles. The molecule has 1 N–H and O–H groups in total. The van der Waals surface area contributed by atoms with Crippen LogP contribution in [0.2, 0.25) is 0 Å². The molecule has 3 aromatic heterocycles. The lowest BCUT2D eigenvalue weighted by Gasteiger charge is -2.24. The van der Waals surface area contributed by atoms with E-state index in [1.54, 1.807) is 16.0 Å². The van der Waals surface area contributed by atoms with Crippen molar-refractivity contribution in [2.45, 2.75) is 32.2 Å². The fourth-order valence-electron chi connectivity index (χ4n) is 4.62. The summed E-state index contributed by atoms with van der Waals surface area (Å²) in [6, 6.07) is 15.0. The summed E-state index contributed by atoms with van der Waals surface area (Å²) in [5.41, 5.74) is 3.61. The Morgan fingerprint density at radius 3 is 2.59 bits per heavy atom. The Labute approximate surface area is 202 Å². The van der Waals surface area contributed by atoms with E-state index in [1.165, 1.54) is 0 Å². The molecule has 34 heavy (non-hydrogen) atoms. The van der Waals surface area contributed by atoms with Gasteiger partial charge in [-0.15, -0.1) is 11.3 Å². The molecule has 1 unspecified atom stereocenters. The van der Waals surface area contributed by atoms with Crippen LogP contribution in [-0.4, -0.2) is 50.6 Å². The Kier molecular flexibility index (Phi) is 6.15. The Bertz CT molecular complexity index is 1320. The Balaban J connectivity index is 1.52. The third-order valence-corrected chi connectivity index (χ3v) is 7.18. The van der Waals surface area contributed by atoms with E-state index in [0.717, 1.165) is 47.8 Å². The number of carbonyl (C=O) groups excluding carboxylic acids is 2. The largest absolute Gasteiger partial charge is 0.341 e. The predicted molar refractivity (Wildman–Crippen MR) is 134 cm³/mol. The summed E-state index contributed by atoms with van der Waals surface area (Å²) in [6.07, 6.45) is 2.45. The number of aryl methyl sites for hydroxylation is 2. The van der Waals surface area contributed by atoms with Gasteiger partial charge in [0.15, 0.2) is 5.65 Å². The SMILES string of the molecule is Cc1nn(C)c2nc(-c3cccs3)cc(C(=O)NC(Cc3ccccc3)C(=O)N3CCCC3)c12. The number of nitrogens with one attached hydrogen (secondary N) is 1. The van der Waals surface area contributed by atoms with E-state index in [4.69, 9.17) is 4.98 Å². The normalized spacial score (nSPS) is 14.5. The molecule has 1 aromatic carbocycles. The van der Waals surface area contributed by atoms with Gasteiger partial charge in [0, 0.05) is 26.6 Å². The van der Waals surface area contributed by atoms with Crippen LogP contribution < -0.4 is 5.32 Å². The molecule has 1 aliphatic rings. The highest BCUT2D eigenvalue weighted by atomic mass is 32.1. The van der Waals surface area contributed by atoms with Crippen LogP contribution in [0.5, 0.6) is 0 Å². The number of aromatic nitrogens is 3. The van der Waals surface area contributed by atoms with E-state index >= 15 is 0 Å². The molecule has 5 rings (SSSR count). The zero-order valence-corrected chi connectivity index (χ0v) is 20.1. The number of benzene rings is 1. The number of rotatable bonds is 6. The molecule has 1 saturated heterocycles. The standard InChI is InChI=1S/C26H27N5O2S/c1-17-23-19(16-20(22-11-8-14-34-22)27-24(23)30(2)29-17)25(32)28-21(15-18-9-4-3-5-10-18)26(33)31-12-6-7-13-31/h3-5,8-11,14,16,21H,6-7,12-13,15H2,1-2H3,(H,28,32). The first kappa shape index (κ1) is 22.3. The van der Waals surface area contributed by atoms with Crippen molar-refractivity contribution in [1.29, 1.82) is 0 Å². The topological polar surface area (TPSA) is 80.1 Å². The third kappa shape index (κ3) is 4.33. The number of nitrogens with zero attached hydrogens (tertiary/aromatic N) is 4. The Hall–Kier alpha value is -3.52. The van der Waals surface area contributed by atoms with Crippen LogP contribution in [-0.2, 0) is 18.3 Å². The second-order valence-electron chi connectivity index (χ2n) is 8.69. The Morgan fingerprint density at radius 1 is 1.12 bits per heavy atom. The molecule has 4 heterocycles. The van der Waals surface area contributed by atoms with E-state index in [-0.39, 0.29) is 11.8 Å². The first-order valence-corrected chi connectivity index (χ1v) is 12.4. The fraction of sp³-hybridized carbons (Fsp3) is 0.308. The van der Waals surface area contributed by atoms with Crippen molar-refractivity contribution in [2.24, 2.45) is 7.05 Å². The summed E-state index contributed by atoms with van der Waals surface area (Å²) in [7, 11) is 1.83. The van der Waals surface area contributed by atoms with Crippen molar-refractivity contribution in [3.05, 3.63) is 70.7 Å². The van der Waals surface area contributed by atoms with Gasteiger partial charge in [-0.2, -0.15) is 5.10 Å². The van der Waals surface area contributed by atoms with Gasteiger partial charge in [-0.25, -0.2) is 4.98 Å². The second-order valence-corrected chi connectivity index (χ2v) is 9.64. The number of carbonyl (C=O) groups is 2. The number of amides is 2. The maximum Gasteiger partial charge on any atom is 0.252 e. The zero-order valence-electron chi connectivity index (χ0n) is 19.3. The fourth-order valence-corrected chi connectivity index (χ4v) is 5.30. The second kappa shape index (κ2) is 9.38. The minimum atomic E-state index is -0.640. The van der Waals surface area contributed by atoms with E-state index in [1.807, 2.05) is 72.8 Å². The van der Waals surface area contributed by atoms with Gasteiger partial charge in [-0.05, 0) is 42.8 Å². The number of hydrogen-bond donors (Lipinski definition) is 1. The van der Waals surface area contributed by atoms with Gasteiger partial charge < -0.3 is 10.2 Å². The molecule has 0 bridgehead atoms. The van der Waals surface area contributed by atoms with Gasteiger partial charge in [-0.3, -0.25) is 14.3 Å². The summed E-state index contributed by atoms with van der Waals surface area (Å²) in [6.45, 7) is 3.36. The predicted octanol–water partition coefficient (Wildman–Crippen LogP) is 3.97. The van der Waals surface area contributed by atoms with Crippen molar-refractivity contribution in [3.8, 4) is 10.6 Å². The molecule has 2 amide bonds. The van der Waals surface area contributed by atoms with Crippen LogP contribution in [0.1, 0.15) is 34.5 Å². The molecule has 174 valence electrons. The van der Waals surface area contributed by atoms with Gasteiger partial charge in [0.2, 0.25) is 5.91 Å². The molecule has 7 nitrogen and oxygen atoms in total. The number of thiophene rings is 1. The molecule has 4 aromatic rings. The highest BCUT2D eigenvalue weighted by molar-refractivity contribution is 7.13. The quantitative estimate of drug-likeness (QED) is 0.460. The molecule has 1 atom stereocenters. The van der Waals surface area contributed by atoms with Crippen LogP contribution in [0.15, 0.2) is 53.9 Å². The molecular weight excluding hydrogens is 446 g/mol. The van der Waals surface area contributed by atoms with Crippen molar-refractivity contribution in [1.82, 2.24) is 25.0 Å². The lowest BCUT2D eigenvalue weighted by molar-refractivity contribution is -0.132. The maximum atomic E-state index is 13.7. The van der Waals surface area contributed by atoms with E-state index in [0.29, 0.717) is 23.0 Å². The maximum absolute atomic E-state index is 13.7. The summed E-state index contributed by atoms with van der Waals surface area (Å²) in [5, 5.41) is 10.3. The van der Waals surface area contributed by atoms with E-state index < -0.39 is 6.04 Å². The summed E-state index contributed by atoms with van der Waals surface area (Å²) in [4.78, 5) is 34.7. The number of likely N-dealkylation sites (tertiary alicyclic amines) is 1. The molecular formula is C26H27N5O2S. The zero-order chi connectivity index (χ0) is 23.7. The van der Waals surface area contributed by atoms with Crippen molar-refractivity contribution in [2.75, 3.05) is 13.1 Å². The van der Waals surface area contributed by atoms with E-state index in [2.05, 4.69) is 10.4 Å². The van der Waals surface area contributed by atoms with Gasteiger partial charge >= 0.3 is 0 Å². The minimum absolute atomic E-state index is 0.0265.